The van der Waals surface area contributed by atoms with Gasteiger partial charge in [-0.25, -0.2) is 4.39 Å². The monoisotopic (exact) mass is 432 g/mol. The molecular formula is C24H14ClFN2O3. The number of halogens is 2. The van der Waals surface area contributed by atoms with E-state index in [2.05, 4.69) is 0 Å². The van der Waals surface area contributed by atoms with Gasteiger partial charge in [0.2, 0.25) is 0 Å². The van der Waals surface area contributed by atoms with Crippen LogP contribution in [-0.2, 0) is 9.59 Å². The van der Waals surface area contributed by atoms with Crippen LogP contribution in [0.15, 0.2) is 78.4 Å². The quantitative estimate of drug-likeness (QED) is 0.359. The fourth-order valence-electron chi connectivity index (χ4n) is 3.52. The fraction of sp³-hybridized carbons (Fsp3) is 0.0417. The molecule has 1 fully saturated rings. The van der Waals surface area contributed by atoms with E-state index in [0.29, 0.717) is 27.4 Å². The number of aliphatic hydroxyl groups is 1. The van der Waals surface area contributed by atoms with Gasteiger partial charge in [-0.3, -0.25) is 14.5 Å². The standard InChI is InChI=1S/C24H14ClFN2O3/c25-17-7-3-16(4-8-17)22(29)20-21(15-5-9-18(26)10-6-15)28(24(31)23(20)30)19-11-1-14(13-27)2-12-19/h1-12,21,29H/b22-20+. The van der Waals surface area contributed by atoms with E-state index < -0.39 is 23.5 Å². The second-order valence-electron chi connectivity index (χ2n) is 6.89. The molecule has 0 bridgehead atoms. The van der Waals surface area contributed by atoms with Gasteiger partial charge in [-0.2, -0.15) is 5.26 Å². The number of nitriles is 1. The van der Waals surface area contributed by atoms with Crippen LogP contribution in [0.5, 0.6) is 0 Å². The molecule has 1 saturated heterocycles. The van der Waals surface area contributed by atoms with Crippen LogP contribution in [0.1, 0.15) is 22.7 Å². The molecule has 7 heteroatoms. The molecule has 1 aliphatic rings. The fourth-order valence-corrected chi connectivity index (χ4v) is 3.65. The van der Waals surface area contributed by atoms with Crippen molar-refractivity contribution in [2.45, 2.75) is 6.04 Å². The van der Waals surface area contributed by atoms with Gasteiger partial charge >= 0.3 is 0 Å². The Balaban J connectivity index is 1.92. The summed E-state index contributed by atoms with van der Waals surface area (Å²) in [4.78, 5) is 27.2. The number of nitrogens with zero attached hydrogens (tertiary/aromatic N) is 2. The average Bonchev–Trinajstić information content (AvgIpc) is 3.05. The SMILES string of the molecule is N#Cc1ccc(N2C(=O)C(=O)/C(=C(/O)c3ccc(Cl)cc3)C2c2ccc(F)cc2)cc1. The van der Waals surface area contributed by atoms with Crippen LogP contribution in [0.3, 0.4) is 0 Å². The molecule has 1 heterocycles. The molecule has 0 spiro atoms. The number of amides is 1. The Morgan fingerprint density at radius 1 is 0.968 bits per heavy atom. The van der Waals surface area contributed by atoms with E-state index in [9.17, 15) is 19.1 Å². The normalized spacial score (nSPS) is 17.6. The van der Waals surface area contributed by atoms with Crippen molar-refractivity contribution >= 4 is 34.7 Å². The van der Waals surface area contributed by atoms with Crippen molar-refractivity contribution in [1.29, 1.82) is 5.26 Å². The number of hydrogen-bond donors (Lipinski definition) is 1. The zero-order chi connectivity index (χ0) is 22.1. The third kappa shape index (κ3) is 3.67. The highest BCUT2D eigenvalue weighted by Gasteiger charge is 2.46. The lowest BCUT2D eigenvalue weighted by atomic mass is 9.95. The number of aliphatic hydroxyl groups excluding tert-OH is 1. The first-order valence-corrected chi connectivity index (χ1v) is 9.61. The zero-order valence-electron chi connectivity index (χ0n) is 15.9. The minimum absolute atomic E-state index is 0.122. The van der Waals surface area contributed by atoms with Gasteiger partial charge in [0.1, 0.15) is 11.6 Å². The second kappa shape index (κ2) is 8.05. The number of rotatable bonds is 3. The van der Waals surface area contributed by atoms with Crippen molar-refractivity contribution in [2.75, 3.05) is 4.90 Å². The molecule has 0 saturated carbocycles. The predicted octanol–water partition coefficient (Wildman–Crippen LogP) is 4.98. The van der Waals surface area contributed by atoms with Crippen LogP contribution >= 0.6 is 11.6 Å². The van der Waals surface area contributed by atoms with Crippen molar-refractivity contribution in [1.82, 2.24) is 0 Å². The molecule has 0 aliphatic carbocycles. The number of benzene rings is 3. The topological polar surface area (TPSA) is 81.4 Å². The Morgan fingerprint density at radius 3 is 2.16 bits per heavy atom. The molecule has 3 aromatic carbocycles. The summed E-state index contributed by atoms with van der Waals surface area (Å²) in [5.41, 5.74) is 1.39. The largest absolute Gasteiger partial charge is 0.507 e. The van der Waals surface area contributed by atoms with Crippen molar-refractivity contribution in [2.24, 2.45) is 0 Å². The lowest BCUT2D eigenvalue weighted by Crippen LogP contribution is -2.29. The molecule has 0 aromatic heterocycles. The number of Topliss-reactive ketones (excluding diaryl/α,β-unsaturated/α-hetero) is 1. The van der Waals surface area contributed by atoms with Gasteiger partial charge in [0.05, 0.1) is 23.2 Å². The number of hydrogen-bond acceptors (Lipinski definition) is 4. The Labute approximate surface area is 182 Å². The average molecular weight is 433 g/mol. The van der Waals surface area contributed by atoms with Crippen LogP contribution < -0.4 is 4.90 Å². The molecule has 1 aliphatic heterocycles. The highest BCUT2D eigenvalue weighted by Crippen LogP contribution is 2.42. The van der Waals surface area contributed by atoms with E-state index in [1.165, 1.54) is 53.4 Å². The summed E-state index contributed by atoms with van der Waals surface area (Å²) in [5, 5.41) is 20.4. The number of ketones is 1. The van der Waals surface area contributed by atoms with E-state index in [4.69, 9.17) is 16.9 Å². The lowest BCUT2D eigenvalue weighted by Gasteiger charge is -2.25. The highest BCUT2D eigenvalue weighted by atomic mass is 35.5. The molecule has 1 N–H and O–H groups in total. The van der Waals surface area contributed by atoms with Crippen molar-refractivity contribution < 1.29 is 19.1 Å². The van der Waals surface area contributed by atoms with Crippen LogP contribution in [0, 0.1) is 17.1 Å². The molecule has 31 heavy (non-hydrogen) atoms. The van der Waals surface area contributed by atoms with Crippen LogP contribution in [-0.4, -0.2) is 16.8 Å². The van der Waals surface area contributed by atoms with Gasteiger partial charge in [0, 0.05) is 16.3 Å². The van der Waals surface area contributed by atoms with Gasteiger partial charge < -0.3 is 5.11 Å². The Bertz CT molecular complexity index is 1240. The van der Waals surface area contributed by atoms with Crippen LogP contribution in [0.2, 0.25) is 5.02 Å². The first-order chi connectivity index (χ1) is 14.9. The van der Waals surface area contributed by atoms with Gasteiger partial charge in [-0.15, -0.1) is 0 Å². The number of carbonyl (C=O) groups excluding carboxylic acids is 2. The lowest BCUT2D eigenvalue weighted by molar-refractivity contribution is -0.132. The molecular weight excluding hydrogens is 419 g/mol. The Kier molecular flexibility index (Phi) is 5.28. The molecule has 3 aromatic rings. The van der Waals surface area contributed by atoms with E-state index in [0.717, 1.165) is 0 Å². The number of carbonyl (C=O) groups is 2. The molecule has 4 rings (SSSR count). The Morgan fingerprint density at radius 2 is 1.58 bits per heavy atom. The van der Waals surface area contributed by atoms with Gasteiger partial charge in [0.25, 0.3) is 11.7 Å². The summed E-state index contributed by atoms with van der Waals surface area (Å²) in [5.74, 6) is -2.54. The van der Waals surface area contributed by atoms with Crippen molar-refractivity contribution in [3.63, 3.8) is 0 Å². The molecule has 1 atom stereocenters. The summed E-state index contributed by atoms with van der Waals surface area (Å²) in [6.45, 7) is 0. The maximum atomic E-state index is 13.5. The molecule has 1 amide bonds. The summed E-state index contributed by atoms with van der Waals surface area (Å²) in [7, 11) is 0. The maximum absolute atomic E-state index is 13.5. The van der Waals surface area contributed by atoms with Gasteiger partial charge in [-0.05, 0) is 66.2 Å². The first kappa shape index (κ1) is 20.3. The van der Waals surface area contributed by atoms with Crippen LogP contribution in [0.4, 0.5) is 10.1 Å². The molecule has 5 nitrogen and oxygen atoms in total. The van der Waals surface area contributed by atoms with E-state index in [1.54, 1.807) is 24.3 Å². The smallest absolute Gasteiger partial charge is 0.300 e. The van der Waals surface area contributed by atoms with E-state index in [-0.39, 0.29) is 11.3 Å². The minimum Gasteiger partial charge on any atom is -0.507 e. The highest BCUT2D eigenvalue weighted by molar-refractivity contribution is 6.51. The number of anilines is 1. The maximum Gasteiger partial charge on any atom is 0.300 e. The van der Waals surface area contributed by atoms with Gasteiger partial charge in [0.15, 0.2) is 0 Å². The van der Waals surface area contributed by atoms with Crippen molar-refractivity contribution in [3.05, 3.63) is 106 Å². The van der Waals surface area contributed by atoms with Crippen molar-refractivity contribution in [3.8, 4) is 6.07 Å². The second-order valence-corrected chi connectivity index (χ2v) is 7.32. The Hall–Kier alpha value is -3.95. The van der Waals surface area contributed by atoms with Crippen LogP contribution in [0.25, 0.3) is 5.76 Å². The van der Waals surface area contributed by atoms with E-state index in [1.807, 2.05) is 6.07 Å². The summed E-state index contributed by atoms with van der Waals surface area (Å²) < 4.78 is 13.5. The molecule has 152 valence electrons. The molecule has 0 radical (unpaired) electrons. The van der Waals surface area contributed by atoms with Gasteiger partial charge in [-0.1, -0.05) is 23.7 Å². The summed E-state index contributed by atoms with van der Waals surface area (Å²) in [6.07, 6.45) is 0. The third-order valence-corrected chi connectivity index (χ3v) is 5.27. The third-order valence-electron chi connectivity index (χ3n) is 5.02. The zero-order valence-corrected chi connectivity index (χ0v) is 16.7. The van der Waals surface area contributed by atoms with E-state index >= 15 is 0 Å². The first-order valence-electron chi connectivity index (χ1n) is 9.23. The minimum atomic E-state index is -0.982. The summed E-state index contributed by atoms with van der Waals surface area (Å²) >= 11 is 5.91. The predicted molar refractivity (Wildman–Crippen MR) is 114 cm³/mol. The molecule has 1 unspecified atom stereocenters. The summed E-state index contributed by atoms with van der Waals surface area (Å²) in [6, 6.07) is 18.7.